The molecule has 8 heteroatoms. The smallest absolute Gasteiger partial charge is 0.360 e. The van der Waals surface area contributed by atoms with Gasteiger partial charge in [-0.1, -0.05) is 5.21 Å². The molecule has 0 aliphatic heterocycles. The van der Waals surface area contributed by atoms with E-state index in [4.69, 9.17) is 9.47 Å². The van der Waals surface area contributed by atoms with Gasteiger partial charge in [0.1, 0.15) is 0 Å². The number of hydrogen-bond donors (Lipinski definition) is 1. The summed E-state index contributed by atoms with van der Waals surface area (Å²) in [6.45, 7) is 1.34. The molecule has 1 aromatic heterocycles. The van der Waals surface area contributed by atoms with Gasteiger partial charge in [-0.3, -0.25) is 0 Å². The first-order valence-corrected chi connectivity index (χ1v) is 6.18. The summed E-state index contributed by atoms with van der Waals surface area (Å²) in [5.74, 6) is -1.30. The van der Waals surface area contributed by atoms with Crippen LogP contribution in [0.3, 0.4) is 0 Å². The van der Waals surface area contributed by atoms with E-state index in [1.807, 2.05) is 0 Å². The SMILES string of the molecule is CCOC(=O)c1cn(-c2ccc(OC)c(F)c2CO)nn1. The van der Waals surface area contributed by atoms with Crippen LogP contribution >= 0.6 is 0 Å². The van der Waals surface area contributed by atoms with Crippen LogP contribution in [0.25, 0.3) is 5.69 Å². The summed E-state index contributed by atoms with van der Waals surface area (Å²) in [5, 5.41) is 16.7. The number of nitrogens with zero attached hydrogens (tertiary/aromatic N) is 3. The molecule has 2 rings (SSSR count). The largest absolute Gasteiger partial charge is 0.494 e. The molecule has 0 atom stereocenters. The highest BCUT2D eigenvalue weighted by atomic mass is 19.1. The predicted octanol–water partition coefficient (Wildman–Crippen LogP) is 1.08. The summed E-state index contributed by atoms with van der Waals surface area (Å²) >= 11 is 0. The number of halogens is 1. The maximum absolute atomic E-state index is 14.1. The van der Waals surface area contributed by atoms with Gasteiger partial charge in [-0.05, 0) is 19.1 Å². The summed E-state index contributed by atoms with van der Waals surface area (Å²) in [5.41, 5.74) is 0.255. The molecule has 112 valence electrons. The standard InChI is InChI=1S/C13H14FN3O4/c1-3-21-13(19)9-6-17(16-15-9)10-4-5-11(20-2)12(14)8(10)7-18/h4-6,18H,3,7H2,1-2H3. The summed E-state index contributed by atoms with van der Waals surface area (Å²) in [6.07, 6.45) is 1.30. The van der Waals surface area contributed by atoms with Gasteiger partial charge in [-0.15, -0.1) is 5.10 Å². The monoisotopic (exact) mass is 295 g/mol. The lowest BCUT2D eigenvalue weighted by molar-refractivity contribution is 0.0519. The average molecular weight is 295 g/mol. The first-order valence-electron chi connectivity index (χ1n) is 6.18. The number of rotatable bonds is 5. The van der Waals surface area contributed by atoms with Crippen molar-refractivity contribution in [2.24, 2.45) is 0 Å². The minimum Gasteiger partial charge on any atom is -0.494 e. The van der Waals surface area contributed by atoms with Crippen LogP contribution in [0.1, 0.15) is 23.0 Å². The Morgan fingerprint density at radius 2 is 2.24 bits per heavy atom. The highest BCUT2D eigenvalue weighted by molar-refractivity contribution is 5.86. The minimum atomic E-state index is -0.689. The molecule has 0 saturated heterocycles. The number of aromatic nitrogens is 3. The topological polar surface area (TPSA) is 86.5 Å². The van der Waals surface area contributed by atoms with E-state index in [0.717, 1.165) is 0 Å². The number of methoxy groups -OCH3 is 1. The van der Waals surface area contributed by atoms with Gasteiger partial charge in [0.25, 0.3) is 0 Å². The number of hydrogen-bond acceptors (Lipinski definition) is 6. The van der Waals surface area contributed by atoms with Crippen LogP contribution in [-0.4, -0.2) is 39.8 Å². The number of carbonyl (C=O) groups excluding carboxylic acids is 1. The van der Waals surface area contributed by atoms with Crippen LogP contribution in [0.15, 0.2) is 18.3 Å². The van der Waals surface area contributed by atoms with Gasteiger partial charge >= 0.3 is 5.97 Å². The van der Waals surface area contributed by atoms with Gasteiger partial charge in [0.2, 0.25) is 0 Å². The Labute approximate surface area is 119 Å². The molecule has 1 heterocycles. The van der Waals surface area contributed by atoms with Crippen LogP contribution in [-0.2, 0) is 11.3 Å². The fourth-order valence-corrected chi connectivity index (χ4v) is 1.79. The fourth-order valence-electron chi connectivity index (χ4n) is 1.79. The zero-order valence-electron chi connectivity index (χ0n) is 11.5. The van der Waals surface area contributed by atoms with E-state index >= 15 is 0 Å². The van der Waals surface area contributed by atoms with Crippen molar-refractivity contribution in [2.75, 3.05) is 13.7 Å². The fraction of sp³-hybridized carbons (Fsp3) is 0.308. The third kappa shape index (κ3) is 2.84. The zero-order valence-corrected chi connectivity index (χ0v) is 11.5. The molecule has 0 aliphatic rings. The molecule has 2 aromatic rings. The van der Waals surface area contributed by atoms with E-state index in [1.54, 1.807) is 6.92 Å². The molecule has 0 fully saturated rings. The van der Waals surface area contributed by atoms with E-state index in [1.165, 1.54) is 30.1 Å². The van der Waals surface area contributed by atoms with Gasteiger partial charge in [-0.2, -0.15) is 0 Å². The second-order valence-electron chi connectivity index (χ2n) is 4.01. The number of ether oxygens (including phenoxy) is 2. The lowest BCUT2D eigenvalue weighted by Gasteiger charge is -2.10. The van der Waals surface area contributed by atoms with Crippen molar-refractivity contribution in [3.05, 3.63) is 35.4 Å². The molecule has 0 unspecified atom stereocenters. The Morgan fingerprint density at radius 3 is 2.86 bits per heavy atom. The maximum Gasteiger partial charge on any atom is 0.360 e. The maximum atomic E-state index is 14.1. The predicted molar refractivity (Wildman–Crippen MR) is 69.7 cm³/mol. The Morgan fingerprint density at radius 1 is 1.48 bits per heavy atom. The Bertz CT molecular complexity index is 657. The van der Waals surface area contributed by atoms with Gasteiger partial charge in [0, 0.05) is 5.56 Å². The second-order valence-corrected chi connectivity index (χ2v) is 4.01. The molecular formula is C13H14FN3O4. The van der Waals surface area contributed by atoms with Crippen LogP contribution in [0.4, 0.5) is 4.39 Å². The molecule has 1 N–H and O–H groups in total. The van der Waals surface area contributed by atoms with Crippen molar-refractivity contribution < 1.29 is 23.8 Å². The van der Waals surface area contributed by atoms with Gasteiger partial charge in [-0.25, -0.2) is 13.9 Å². The first kappa shape index (κ1) is 14.9. The molecule has 0 saturated carbocycles. The van der Waals surface area contributed by atoms with Crippen molar-refractivity contribution in [3.8, 4) is 11.4 Å². The summed E-state index contributed by atoms with van der Waals surface area (Å²) in [4.78, 5) is 11.5. The van der Waals surface area contributed by atoms with Crippen LogP contribution in [0.2, 0.25) is 0 Å². The number of aliphatic hydroxyl groups is 1. The van der Waals surface area contributed by atoms with Crippen molar-refractivity contribution in [1.82, 2.24) is 15.0 Å². The average Bonchev–Trinajstić information content (AvgIpc) is 2.97. The molecule has 1 aromatic carbocycles. The van der Waals surface area contributed by atoms with Crippen molar-refractivity contribution >= 4 is 5.97 Å². The van der Waals surface area contributed by atoms with Crippen LogP contribution in [0, 0.1) is 5.82 Å². The summed E-state index contributed by atoms with van der Waals surface area (Å²) < 4.78 is 24.9. The van der Waals surface area contributed by atoms with Gasteiger partial charge < -0.3 is 14.6 Å². The number of esters is 1. The summed E-state index contributed by atoms with van der Waals surface area (Å²) in [7, 11) is 1.33. The van der Waals surface area contributed by atoms with E-state index in [0.29, 0.717) is 0 Å². The second kappa shape index (κ2) is 6.31. The zero-order chi connectivity index (χ0) is 15.4. The van der Waals surface area contributed by atoms with Crippen LogP contribution in [0.5, 0.6) is 5.75 Å². The van der Waals surface area contributed by atoms with Crippen molar-refractivity contribution in [1.29, 1.82) is 0 Å². The van der Waals surface area contributed by atoms with Crippen molar-refractivity contribution in [2.45, 2.75) is 13.5 Å². The van der Waals surface area contributed by atoms with E-state index in [2.05, 4.69) is 10.3 Å². The Hall–Kier alpha value is -2.48. The normalized spacial score (nSPS) is 10.5. The number of benzene rings is 1. The molecule has 0 bridgehead atoms. The quantitative estimate of drug-likeness (QED) is 0.831. The minimum absolute atomic E-state index is 0.00281. The van der Waals surface area contributed by atoms with E-state index in [9.17, 15) is 14.3 Å². The van der Waals surface area contributed by atoms with E-state index in [-0.39, 0.29) is 29.3 Å². The molecule has 0 radical (unpaired) electrons. The number of aliphatic hydroxyl groups excluding tert-OH is 1. The first-order chi connectivity index (χ1) is 10.1. The third-order valence-electron chi connectivity index (χ3n) is 2.79. The molecule has 21 heavy (non-hydrogen) atoms. The molecule has 0 aliphatic carbocycles. The summed E-state index contributed by atoms with van der Waals surface area (Å²) in [6, 6.07) is 2.91. The molecule has 0 spiro atoms. The molecule has 7 nitrogen and oxygen atoms in total. The van der Waals surface area contributed by atoms with Crippen LogP contribution < -0.4 is 4.74 Å². The Balaban J connectivity index is 2.43. The highest BCUT2D eigenvalue weighted by Crippen LogP contribution is 2.26. The van der Waals surface area contributed by atoms with Crippen molar-refractivity contribution in [3.63, 3.8) is 0 Å². The van der Waals surface area contributed by atoms with Gasteiger partial charge in [0.15, 0.2) is 17.3 Å². The molecular weight excluding hydrogens is 281 g/mol. The Kier molecular flexibility index (Phi) is 4.49. The number of carbonyl (C=O) groups is 1. The van der Waals surface area contributed by atoms with Gasteiger partial charge in [0.05, 0.1) is 32.2 Å². The lowest BCUT2D eigenvalue weighted by atomic mass is 10.1. The van der Waals surface area contributed by atoms with E-state index < -0.39 is 18.4 Å². The highest BCUT2D eigenvalue weighted by Gasteiger charge is 2.18. The lowest BCUT2D eigenvalue weighted by Crippen LogP contribution is -2.05. The molecule has 0 amide bonds. The third-order valence-corrected chi connectivity index (χ3v) is 2.79.